The predicted molar refractivity (Wildman–Crippen MR) is 94.2 cm³/mol. The molecule has 3 nitrogen and oxygen atoms in total. The first-order valence-corrected chi connectivity index (χ1v) is 8.61. The van der Waals surface area contributed by atoms with Gasteiger partial charge in [-0.2, -0.15) is 0 Å². The molecule has 0 radical (unpaired) electrons. The van der Waals surface area contributed by atoms with Crippen molar-refractivity contribution >= 4 is 11.8 Å². The third-order valence-electron chi connectivity index (χ3n) is 3.87. The first-order valence-electron chi connectivity index (χ1n) is 8.61. The Balaban J connectivity index is 2.38. The number of hydrogen-bond donors (Lipinski definition) is 1. The molecule has 0 heterocycles. The maximum absolute atomic E-state index is 11.9. The molecule has 0 fully saturated rings. The van der Waals surface area contributed by atoms with Crippen LogP contribution in [0.4, 0.5) is 0 Å². The fraction of sp³-hybridized carbons (Fsp3) is 0.500. The van der Waals surface area contributed by atoms with Crippen LogP contribution in [0.5, 0.6) is 0 Å². The minimum absolute atomic E-state index is 0.104. The van der Waals surface area contributed by atoms with E-state index in [0.717, 1.165) is 24.8 Å². The number of hydrogen-bond acceptors (Lipinski definition) is 2. The van der Waals surface area contributed by atoms with Crippen molar-refractivity contribution in [2.45, 2.75) is 58.3 Å². The summed E-state index contributed by atoms with van der Waals surface area (Å²) in [7, 11) is 0. The molecule has 1 N–H and O–H groups in total. The zero-order valence-electron chi connectivity index (χ0n) is 14.0. The number of carboxylic acid groups (broad SMARTS) is 1. The van der Waals surface area contributed by atoms with Crippen molar-refractivity contribution in [3.8, 4) is 0 Å². The van der Waals surface area contributed by atoms with E-state index in [-0.39, 0.29) is 18.1 Å². The van der Waals surface area contributed by atoms with E-state index in [1.807, 2.05) is 30.4 Å². The highest BCUT2D eigenvalue weighted by Gasteiger charge is 2.20. The Bertz CT molecular complexity index is 495. The van der Waals surface area contributed by atoms with Gasteiger partial charge in [0.2, 0.25) is 0 Å². The minimum atomic E-state index is -0.751. The van der Waals surface area contributed by atoms with Crippen LogP contribution in [0.3, 0.4) is 0 Å². The van der Waals surface area contributed by atoms with Gasteiger partial charge >= 0.3 is 5.97 Å². The molecule has 0 saturated carbocycles. The Hall–Kier alpha value is -1.90. The molecule has 126 valence electrons. The summed E-state index contributed by atoms with van der Waals surface area (Å²) in [6.45, 7) is 2.19. The summed E-state index contributed by atoms with van der Waals surface area (Å²) in [5.74, 6) is -0.496. The smallest absolute Gasteiger partial charge is 0.303 e. The molecule has 1 atom stereocenters. The SMILES string of the molecule is CCCCC/C=C\C=C1\C(=O)C=C[C@@H]1C/C=C\CCCC(=O)O. The first-order chi connectivity index (χ1) is 11.1. The average molecular weight is 316 g/mol. The van der Waals surface area contributed by atoms with Crippen molar-refractivity contribution in [1.29, 1.82) is 0 Å². The molecule has 23 heavy (non-hydrogen) atoms. The van der Waals surface area contributed by atoms with Gasteiger partial charge in [-0.25, -0.2) is 0 Å². The molecule has 0 saturated heterocycles. The lowest BCUT2D eigenvalue weighted by Crippen LogP contribution is -2.01. The van der Waals surface area contributed by atoms with Crippen molar-refractivity contribution in [3.63, 3.8) is 0 Å². The molecule has 1 rings (SSSR count). The molecular formula is C20H28O3. The van der Waals surface area contributed by atoms with Crippen molar-refractivity contribution in [2.24, 2.45) is 5.92 Å². The normalized spacial score (nSPS) is 19.6. The molecule has 0 aromatic rings. The number of carbonyl (C=O) groups excluding carboxylic acids is 1. The van der Waals surface area contributed by atoms with E-state index in [1.165, 1.54) is 19.3 Å². The molecule has 0 unspecified atom stereocenters. The van der Waals surface area contributed by atoms with Crippen molar-refractivity contribution in [3.05, 3.63) is 48.1 Å². The Morgan fingerprint density at radius 1 is 1.17 bits per heavy atom. The number of carboxylic acids is 1. The summed E-state index contributed by atoms with van der Waals surface area (Å²) in [4.78, 5) is 22.3. The van der Waals surface area contributed by atoms with Crippen LogP contribution in [0.1, 0.15) is 58.3 Å². The topological polar surface area (TPSA) is 54.4 Å². The van der Waals surface area contributed by atoms with Crippen LogP contribution in [-0.4, -0.2) is 16.9 Å². The minimum Gasteiger partial charge on any atom is -0.481 e. The molecule has 0 amide bonds. The molecule has 1 aliphatic rings. The quantitative estimate of drug-likeness (QED) is 0.331. The lowest BCUT2D eigenvalue weighted by Gasteiger charge is -2.06. The summed E-state index contributed by atoms with van der Waals surface area (Å²) >= 11 is 0. The van der Waals surface area contributed by atoms with E-state index in [0.29, 0.717) is 6.42 Å². The highest BCUT2D eigenvalue weighted by Crippen LogP contribution is 2.25. The molecule has 0 aliphatic heterocycles. The van der Waals surface area contributed by atoms with E-state index in [9.17, 15) is 9.59 Å². The van der Waals surface area contributed by atoms with Crippen molar-refractivity contribution in [1.82, 2.24) is 0 Å². The van der Waals surface area contributed by atoms with Crippen LogP contribution < -0.4 is 0 Å². The zero-order chi connectivity index (χ0) is 16.9. The molecule has 0 spiro atoms. The molecular weight excluding hydrogens is 288 g/mol. The number of aliphatic carboxylic acids is 1. The highest BCUT2D eigenvalue weighted by atomic mass is 16.4. The maximum atomic E-state index is 11.9. The van der Waals surface area contributed by atoms with Crippen LogP contribution in [0.2, 0.25) is 0 Å². The summed E-state index contributed by atoms with van der Waals surface area (Å²) in [5, 5.41) is 8.57. The fourth-order valence-electron chi connectivity index (χ4n) is 2.51. The largest absolute Gasteiger partial charge is 0.481 e. The van der Waals surface area contributed by atoms with Crippen LogP contribution in [0.15, 0.2) is 48.1 Å². The van der Waals surface area contributed by atoms with Gasteiger partial charge in [0.05, 0.1) is 0 Å². The van der Waals surface area contributed by atoms with Gasteiger partial charge in [0.1, 0.15) is 0 Å². The maximum Gasteiger partial charge on any atom is 0.303 e. The Labute approximate surface area is 139 Å². The summed E-state index contributed by atoms with van der Waals surface area (Å²) in [5.41, 5.74) is 0.854. The molecule has 0 aromatic heterocycles. The van der Waals surface area contributed by atoms with Gasteiger partial charge in [-0.1, -0.05) is 56.2 Å². The van der Waals surface area contributed by atoms with Gasteiger partial charge in [-0.15, -0.1) is 0 Å². The Morgan fingerprint density at radius 2 is 1.96 bits per heavy atom. The van der Waals surface area contributed by atoms with E-state index >= 15 is 0 Å². The second-order valence-corrected chi connectivity index (χ2v) is 5.87. The van der Waals surface area contributed by atoms with Crippen molar-refractivity contribution in [2.75, 3.05) is 0 Å². The summed E-state index contributed by atoms with van der Waals surface area (Å²) < 4.78 is 0. The number of ketones is 1. The Morgan fingerprint density at radius 3 is 2.70 bits per heavy atom. The van der Waals surface area contributed by atoms with Crippen LogP contribution in [-0.2, 0) is 9.59 Å². The van der Waals surface area contributed by atoms with Gasteiger partial charge in [0.15, 0.2) is 5.78 Å². The second kappa shape index (κ2) is 11.6. The number of carbonyl (C=O) groups is 2. The third kappa shape index (κ3) is 8.34. The zero-order valence-corrected chi connectivity index (χ0v) is 14.0. The Kier molecular flexibility index (Phi) is 9.69. The van der Waals surface area contributed by atoms with Crippen LogP contribution >= 0.6 is 0 Å². The molecule has 1 aliphatic carbocycles. The highest BCUT2D eigenvalue weighted by molar-refractivity contribution is 6.07. The standard InChI is InChI=1S/C20H28O3/c1-2-3-4-5-6-10-13-18-17(15-16-19(18)21)12-9-7-8-11-14-20(22)23/h6-7,9-10,13,15-17H,2-5,8,11-12,14H2,1H3,(H,22,23)/b9-7-,10-6-,18-13+/t17-/m0/s1. The number of allylic oxidation sites excluding steroid dienone is 8. The van der Waals surface area contributed by atoms with Gasteiger partial charge in [0, 0.05) is 17.9 Å². The first kappa shape index (κ1) is 19.1. The van der Waals surface area contributed by atoms with E-state index in [4.69, 9.17) is 5.11 Å². The van der Waals surface area contributed by atoms with Gasteiger partial charge in [-0.3, -0.25) is 9.59 Å². The monoisotopic (exact) mass is 316 g/mol. The average Bonchev–Trinajstić information content (AvgIpc) is 2.86. The van der Waals surface area contributed by atoms with Gasteiger partial charge in [0.25, 0.3) is 0 Å². The van der Waals surface area contributed by atoms with E-state index in [1.54, 1.807) is 6.08 Å². The summed E-state index contributed by atoms with van der Waals surface area (Å²) in [6, 6.07) is 0. The molecule has 3 heteroatoms. The molecule has 0 bridgehead atoms. The van der Waals surface area contributed by atoms with E-state index < -0.39 is 5.97 Å². The number of rotatable bonds is 11. The van der Waals surface area contributed by atoms with Crippen LogP contribution in [0, 0.1) is 5.92 Å². The molecule has 0 aromatic carbocycles. The lowest BCUT2D eigenvalue weighted by atomic mass is 9.97. The summed E-state index contributed by atoms with van der Waals surface area (Å²) in [6.07, 6.45) is 20.9. The lowest BCUT2D eigenvalue weighted by molar-refractivity contribution is -0.137. The van der Waals surface area contributed by atoms with Crippen LogP contribution in [0.25, 0.3) is 0 Å². The second-order valence-electron chi connectivity index (χ2n) is 5.87. The van der Waals surface area contributed by atoms with Crippen molar-refractivity contribution < 1.29 is 14.7 Å². The predicted octanol–water partition coefficient (Wildman–Crippen LogP) is 5.01. The van der Waals surface area contributed by atoms with Gasteiger partial charge < -0.3 is 5.11 Å². The van der Waals surface area contributed by atoms with Gasteiger partial charge in [-0.05, 0) is 38.2 Å². The third-order valence-corrected chi connectivity index (χ3v) is 3.87. The number of unbranched alkanes of at least 4 members (excludes halogenated alkanes) is 4. The van der Waals surface area contributed by atoms with E-state index in [2.05, 4.69) is 13.0 Å². The fourth-order valence-corrected chi connectivity index (χ4v) is 2.51.